The summed E-state index contributed by atoms with van der Waals surface area (Å²) < 4.78 is 49.1. The fraction of sp³-hybridized carbons (Fsp3) is 0.435. The molecule has 170 valence electrons. The summed E-state index contributed by atoms with van der Waals surface area (Å²) in [5.41, 5.74) is 2.95. The van der Waals surface area contributed by atoms with Gasteiger partial charge in [0.05, 0.1) is 37.6 Å². The predicted molar refractivity (Wildman–Crippen MR) is 110 cm³/mol. The lowest BCUT2D eigenvalue weighted by Gasteiger charge is -2.20. The number of rotatable bonds is 8. The molecule has 4 rings (SSSR count). The maximum absolute atomic E-state index is 12.7. The minimum atomic E-state index is -4.34. The van der Waals surface area contributed by atoms with E-state index in [2.05, 4.69) is 9.97 Å². The second-order valence-electron chi connectivity index (χ2n) is 7.91. The molecule has 2 aliphatic rings. The average Bonchev–Trinajstić information content (AvgIpc) is 3.60. The van der Waals surface area contributed by atoms with Crippen molar-refractivity contribution < 1.29 is 32.5 Å². The first-order chi connectivity index (χ1) is 15.3. The Morgan fingerprint density at radius 1 is 1.28 bits per heavy atom. The van der Waals surface area contributed by atoms with Crippen molar-refractivity contribution in [2.24, 2.45) is 0 Å². The molecule has 2 heterocycles. The van der Waals surface area contributed by atoms with Gasteiger partial charge in [0.1, 0.15) is 5.75 Å². The number of alkyl halides is 3. The molecule has 9 heteroatoms. The molecule has 32 heavy (non-hydrogen) atoms. The van der Waals surface area contributed by atoms with Crippen LogP contribution in [0.25, 0.3) is 5.57 Å². The molecule has 6 nitrogen and oxygen atoms in total. The van der Waals surface area contributed by atoms with Crippen molar-refractivity contribution >= 4 is 11.5 Å². The number of benzene rings is 1. The maximum Gasteiger partial charge on any atom is 0.392 e. The van der Waals surface area contributed by atoms with Crippen molar-refractivity contribution in [3.63, 3.8) is 0 Å². The lowest BCUT2D eigenvalue weighted by Crippen LogP contribution is -2.15. The molecule has 1 aliphatic heterocycles. The highest BCUT2D eigenvalue weighted by molar-refractivity contribution is 5.86. The van der Waals surface area contributed by atoms with Crippen LogP contribution >= 0.6 is 0 Å². The number of ether oxygens (including phenoxy) is 2. The molecule has 1 fully saturated rings. The molecule has 0 radical (unpaired) electrons. The Kier molecular flexibility index (Phi) is 6.45. The second kappa shape index (κ2) is 9.28. The van der Waals surface area contributed by atoms with Crippen molar-refractivity contribution in [3.8, 4) is 5.75 Å². The molecule has 0 amide bonds. The molecule has 1 aromatic heterocycles. The van der Waals surface area contributed by atoms with Crippen molar-refractivity contribution in [1.82, 2.24) is 9.97 Å². The van der Waals surface area contributed by atoms with Crippen LogP contribution in [-0.2, 0) is 11.2 Å². The lowest BCUT2D eigenvalue weighted by atomic mass is 9.96. The number of hydrogen-bond donors (Lipinski definition) is 1. The predicted octanol–water partition coefficient (Wildman–Crippen LogP) is 4.78. The van der Waals surface area contributed by atoms with Gasteiger partial charge in [0.2, 0.25) is 0 Å². The van der Waals surface area contributed by atoms with E-state index in [0.29, 0.717) is 42.2 Å². The molecule has 0 bridgehead atoms. The Balaban J connectivity index is 1.68. The van der Waals surface area contributed by atoms with Crippen LogP contribution in [0.4, 0.5) is 13.2 Å². The van der Waals surface area contributed by atoms with Gasteiger partial charge >= 0.3 is 12.1 Å². The first-order valence-corrected chi connectivity index (χ1v) is 10.5. The van der Waals surface area contributed by atoms with Gasteiger partial charge in [-0.25, -0.2) is 9.78 Å². The zero-order valence-electron chi connectivity index (χ0n) is 17.3. The first kappa shape index (κ1) is 22.3. The largest absolute Gasteiger partial charge is 0.492 e. The van der Waals surface area contributed by atoms with Crippen molar-refractivity contribution in [2.75, 3.05) is 19.8 Å². The van der Waals surface area contributed by atoms with Crippen LogP contribution in [0.5, 0.6) is 5.75 Å². The first-order valence-electron chi connectivity index (χ1n) is 10.5. The Morgan fingerprint density at radius 3 is 2.75 bits per heavy atom. The number of aromatic carboxylic acids is 1. The third-order valence-electron chi connectivity index (χ3n) is 5.46. The number of carbonyl (C=O) groups is 1. The number of aromatic nitrogens is 2. The molecule has 0 unspecified atom stereocenters. The van der Waals surface area contributed by atoms with E-state index < -0.39 is 25.2 Å². The van der Waals surface area contributed by atoms with Crippen LogP contribution in [0, 0.1) is 0 Å². The van der Waals surface area contributed by atoms with Gasteiger partial charge in [-0.05, 0) is 24.8 Å². The number of halogens is 3. The Labute approximate surface area is 183 Å². The van der Waals surface area contributed by atoms with Crippen LogP contribution in [-0.4, -0.2) is 47.0 Å². The smallest absolute Gasteiger partial charge is 0.392 e. The molecule has 2 aromatic rings. The van der Waals surface area contributed by atoms with Crippen LogP contribution in [0.2, 0.25) is 0 Å². The van der Waals surface area contributed by atoms with Crippen molar-refractivity contribution in [3.05, 3.63) is 58.7 Å². The van der Waals surface area contributed by atoms with Gasteiger partial charge in [-0.1, -0.05) is 24.3 Å². The zero-order valence-corrected chi connectivity index (χ0v) is 17.3. The summed E-state index contributed by atoms with van der Waals surface area (Å²) in [5.74, 6) is -0.619. The van der Waals surface area contributed by atoms with Gasteiger partial charge in [0, 0.05) is 29.7 Å². The fourth-order valence-electron chi connectivity index (χ4n) is 3.67. The summed E-state index contributed by atoms with van der Waals surface area (Å²) in [4.78, 5) is 20.4. The van der Waals surface area contributed by atoms with E-state index in [1.807, 2.05) is 6.08 Å². The quantitative estimate of drug-likeness (QED) is 0.626. The highest BCUT2D eigenvalue weighted by atomic mass is 19.4. The summed E-state index contributed by atoms with van der Waals surface area (Å²) in [7, 11) is 0. The molecule has 0 atom stereocenters. The van der Waals surface area contributed by atoms with E-state index in [-0.39, 0.29) is 23.7 Å². The molecule has 1 N–H and O–H groups in total. The molecule has 0 saturated heterocycles. The van der Waals surface area contributed by atoms with Crippen LogP contribution in [0.1, 0.15) is 64.6 Å². The van der Waals surface area contributed by atoms with Gasteiger partial charge in [0.25, 0.3) is 0 Å². The number of nitrogens with zero attached hydrogens (tertiary/aromatic N) is 2. The van der Waals surface area contributed by atoms with E-state index in [0.717, 1.165) is 18.4 Å². The topological polar surface area (TPSA) is 81.5 Å². The van der Waals surface area contributed by atoms with Gasteiger partial charge in [-0.3, -0.25) is 4.98 Å². The summed E-state index contributed by atoms with van der Waals surface area (Å²) in [6, 6.07) is 5.29. The second-order valence-corrected chi connectivity index (χ2v) is 7.91. The minimum absolute atomic E-state index is 0.0819. The Bertz CT molecular complexity index is 1030. The molecule has 1 aliphatic carbocycles. The van der Waals surface area contributed by atoms with E-state index in [1.165, 1.54) is 0 Å². The Hall–Kier alpha value is -2.94. The zero-order chi connectivity index (χ0) is 22.7. The summed E-state index contributed by atoms with van der Waals surface area (Å²) in [6.45, 7) is 0.392. The number of carboxylic acid groups (broad SMARTS) is 1. The molecule has 0 spiro atoms. The Morgan fingerprint density at radius 2 is 2.09 bits per heavy atom. The average molecular weight is 448 g/mol. The van der Waals surface area contributed by atoms with Crippen LogP contribution < -0.4 is 4.74 Å². The lowest BCUT2D eigenvalue weighted by molar-refractivity contribution is -0.139. The normalized spacial score (nSPS) is 16.5. The maximum atomic E-state index is 12.7. The van der Waals surface area contributed by atoms with Gasteiger partial charge in [-0.2, -0.15) is 13.2 Å². The van der Waals surface area contributed by atoms with E-state index in [4.69, 9.17) is 9.47 Å². The van der Waals surface area contributed by atoms with E-state index in [9.17, 15) is 23.1 Å². The highest BCUT2D eigenvalue weighted by Gasteiger charge is 2.29. The number of hydrogen-bond acceptors (Lipinski definition) is 5. The molecule has 1 aromatic carbocycles. The SMILES string of the molecule is O=C(O)c1nc(C2CC2)cnc1Cc1cccc(C2=CCOCC2)c1OCCC(F)(F)F. The molecule has 1 saturated carbocycles. The summed E-state index contributed by atoms with van der Waals surface area (Å²) >= 11 is 0. The van der Waals surface area contributed by atoms with E-state index in [1.54, 1.807) is 24.4 Å². The third-order valence-corrected chi connectivity index (χ3v) is 5.46. The summed E-state index contributed by atoms with van der Waals surface area (Å²) in [5, 5.41) is 9.65. The number of carboxylic acids is 1. The van der Waals surface area contributed by atoms with E-state index >= 15 is 0 Å². The molecular weight excluding hydrogens is 425 g/mol. The standard InChI is InChI=1S/C23H23F3N2O4/c24-23(25,26)8-11-32-21-16(2-1-3-17(21)14-6-9-31-10-7-14)12-18-20(22(29)30)28-19(13-27-18)15-4-5-15/h1-3,6,13,15H,4-5,7-12H2,(H,29,30). The van der Waals surface area contributed by atoms with Crippen molar-refractivity contribution in [1.29, 1.82) is 0 Å². The van der Waals surface area contributed by atoms with Gasteiger partial charge < -0.3 is 14.6 Å². The fourth-order valence-corrected chi connectivity index (χ4v) is 3.67. The van der Waals surface area contributed by atoms with Gasteiger partial charge in [0.15, 0.2) is 5.69 Å². The monoisotopic (exact) mass is 448 g/mol. The van der Waals surface area contributed by atoms with Crippen LogP contribution in [0.3, 0.4) is 0 Å². The summed E-state index contributed by atoms with van der Waals surface area (Å²) in [6.07, 6.45) is 0.664. The minimum Gasteiger partial charge on any atom is -0.492 e. The van der Waals surface area contributed by atoms with Crippen molar-refractivity contribution in [2.45, 2.75) is 44.2 Å². The highest BCUT2D eigenvalue weighted by Crippen LogP contribution is 2.39. The number of para-hydroxylation sites is 1. The molecular formula is C23H23F3N2O4. The van der Waals surface area contributed by atoms with Crippen LogP contribution in [0.15, 0.2) is 30.5 Å². The third kappa shape index (κ3) is 5.45. The van der Waals surface area contributed by atoms with Gasteiger partial charge in [-0.15, -0.1) is 0 Å².